The van der Waals surface area contributed by atoms with Crippen LogP contribution in [0.1, 0.15) is 36.7 Å². The van der Waals surface area contributed by atoms with Crippen LogP contribution in [0.4, 0.5) is 10.6 Å². The Morgan fingerprint density at radius 3 is 2.50 bits per heavy atom. The van der Waals surface area contributed by atoms with Crippen molar-refractivity contribution >= 4 is 22.8 Å². The highest BCUT2D eigenvalue weighted by molar-refractivity contribution is 5.97. The van der Waals surface area contributed by atoms with Gasteiger partial charge in [-0.1, -0.05) is 42.5 Å². The van der Waals surface area contributed by atoms with Crippen molar-refractivity contribution in [1.82, 2.24) is 20.5 Å². The number of nitriles is 1. The molecule has 5 N–H and O–H groups in total. The maximum atomic E-state index is 12.8. The normalized spacial score (nSPS) is 12.2. The van der Waals surface area contributed by atoms with Gasteiger partial charge in [-0.15, -0.1) is 0 Å². The Bertz CT molecular complexity index is 1350. The van der Waals surface area contributed by atoms with E-state index in [1.54, 1.807) is 44.2 Å². The first-order chi connectivity index (χ1) is 16.3. The van der Waals surface area contributed by atoms with Crippen molar-refractivity contribution in [3.63, 3.8) is 0 Å². The van der Waals surface area contributed by atoms with E-state index in [0.717, 1.165) is 11.1 Å². The number of hydrogen-bond acceptors (Lipinski definition) is 6. The van der Waals surface area contributed by atoms with Crippen LogP contribution in [-0.2, 0) is 6.61 Å². The second-order valence-corrected chi connectivity index (χ2v) is 8.39. The second-order valence-electron chi connectivity index (χ2n) is 8.39. The number of nitrogens with one attached hydrogen (secondary N) is 3. The van der Waals surface area contributed by atoms with E-state index in [2.05, 4.69) is 31.9 Å². The van der Waals surface area contributed by atoms with Crippen molar-refractivity contribution in [2.45, 2.75) is 32.1 Å². The number of hydrogen-bond donors (Lipinski definition) is 5. The summed E-state index contributed by atoms with van der Waals surface area (Å²) in [6.45, 7) is 2.87. The fraction of sp³-hybridized carbons (Fsp3) is 0.200. The number of amides is 2. The molecule has 4 aromatic rings. The van der Waals surface area contributed by atoms with Gasteiger partial charge in [-0.25, -0.2) is 9.78 Å². The summed E-state index contributed by atoms with van der Waals surface area (Å²) in [5.41, 5.74) is 2.32. The van der Waals surface area contributed by atoms with Gasteiger partial charge in [0, 0.05) is 11.6 Å². The van der Waals surface area contributed by atoms with Gasteiger partial charge in [-0.2, -0.15) is 10.4 Å². The molecule has 2 heterocycles. The van der Waals surface area contributed by atoms with Crippen LogP contribution in [0.5, 0.6) is 0 Å². The molecule has 2 aromatic carbocycles. The highest BCUT2D eigenvalue weighted by atomic mass is 16.3. The van der Waals surface area contributed by atoms with Crippen LogP contribution in [-0.4, -0.2) is 37.0 Å². The third kappa shape index (κ3) is 4.73. The van der Waals surface area contributed by atoms with Gasteiger partial charge in [0.15, 0.2) is 0 Å². The lowest BCUT2D eigenvalue weighted by molar-refractivity contribution is 0.0415. The SMILES string of the molecule is CC(C)(O)[C@@H](NC(=O)Nc1cc2[nH]nc(-c3ccc(C#N)cc3)c2c(CO)n1)c1ccccc1. The Labute approximate surface area is 196 Å². The standard InChI is InChI=1S/C25H24N6O3/c1-25(2,34)23(17-6-4-3-5-7-17)29-24(33)28-20-12-18-21(19(14-32)27-20)22(31-30-18)16-10-8-15(13-26)9-11-16/h3-12,23,32,34H,14H2,1-2H3,(H,30,31)(H2,27,28,29,33)/t23-/m0/s1. The van der Waals surface area contributed by atoms with Gasteiger partial charge < -0.3 is 15.5 Å². The highest BCUT2D eigenvalue weighted by Crippen LogP contribution is 2.30. The number of rotatable bonds is 6. The van der Waals surface area contributed by atoms with E-state index in [0.29, 0.717) is 27.9 Å². The van der Waals surface area contributed by atoms with Crippen molar-refractivity contribution in [2.24, 2.45) is 0 Å². The van der Waals surface area contributed by atoms with Crippen molar-refractivity contribution < 1.29 is 15.0 Å². The Morgan fingerprint density at radius 2 is 1.88 bits per heavy atom. The summed E-state index contributed by atoms with van der Waals surface area (Å²) in [4.78, 5) is 17.2. The topological polar surface area (TPSA) is 147 Å². The zero-order chi connectivity index (χ0) is 24.3. The lowest BCUT2D eigenvalue weighted by Crippen LogP contribution is -2.44. The predicted octanol–water partition coefficient (Wildman–Crippen LogP) is 3.62. The van der Waals surface area contributed by atoms with Gasteiger partial charge >= 0.3 is 6.03 Å². The largest absolute Gasteiger partial charge is 0.390 e. The summed E-state index contributed by atoms with van der Waals surface area (Å²) >= 11 is 0. The van der Waals surface area contributed by atoms with E-state index in [9.17, 15) is 15.0 Å². The molecule has 9 heteroatoms. The first-order valence-corrected chi connectivity index (χ1v) is 10.6. The molecule has 4 rings (SSSR count). The molecule has 0 aliphatic carbocycles. The number of fused-ring (bicyclic) bond motifs is 1. The molecule has 0 fully saturated rings. The monoisotopic (exact) mass is 456 g/mol. The molecule has 172 valence electrons. The number of aliphatic hydroxyl groups is 2. The van der Waals surface area contributed by atoms with Crippen LogP contribution in [0.2, 0.25) is 0 Å². The molecule has 0 aliphatic rings. The number of H-pyrrole nitrogens is 1. The average Bonchev–Trinajstić information content (AvgIpc) is 3.26. The number of aromatic nitrogens is 3. The van der Waals surface area contributed by atoms with Gasteiger partial charge in [0.1, 0.15) is 11.5 Å². The molecule has 0 spiro atoms. The van der Waals surface area contributed by atoms with Crippen molar-refractivity contribution in [2.75, 3.05) is 5.32 Å². The van der Waals surface area contributed by atoms with Crippen molar-refractivity contribution in [1.29, 1.82) is 5.26 Å². The lowest BCUT2D eigenvalue weighted by Gasteiger charge is -2.30. The molecule has 0 saturated carbocycles. The summed E-state index contributed by atoms with van der Waals surface area (Å²) in [5, 5.41) is 42.9. The molecule has 0 unspecified atom stereocenters. The van der Waals surface area contributed by atoms with Gasteiger partial charge in [0.05, 0.1) is 46.5 Å². The number of aromatic amines is 1. The van der Waals surface area contributed by atoms with Crippen LogP contribution >= 0.6 is 0 Å². The minimum atomic E-state index is -1.22. The van der Waals surface area contributed by atoms with E-state index in [4.69, 9.17) is 5.26 Å². The lowest BCUT2D eigenvalue weighted by atomic mass is 9.92. The predicted molar refractivity (Wildman–Crippen MR) is 128 cm³/mol. The molecule has 0 aliphatic heterocycles. The van der Waals surface area contributed by atoms with Gasteiger partial charge in [-0.3, -0.25) is 10.4 Å². The van der Waals surface area contributed by atoms with E-state index < -0.39 is 17.7 Å². The first kappa shape index (κ1) is 22.9. The molecule has 2 amide bonds. The van der Waals surface area contributed by atoms with Gasteiger partial charge in [0.25, 0.3) is 0 Å². The number of pyridine rings is 1. The van der Waals surface area contributed by atoms with Crippen LogP contribution in [0.3, 0.4) is 0 Å². The van der Waals surface area contributed by atoms with E-state index >= 15 is 0 Å². The maximum absolute atomic E-state index is 12.8. The smallest absolute Gasteiger partial charge is 0.320 e. The maximum Gasteiger partial charge on any atom is 0.320 e. The molecular formula is C25H24N6O3. The number of nitrogens with zero attached hydrogens (tertiary/aromatic N) is 3. The minimum absolute atomic E-state index is 0.214. The second kappa shape index (κ2) is 9.31. The third-order valence-electron chi connectivity index (χ3n) is 5.41. The number of anilines is 1. The Kier molecular flexibility index (Phi) is 6.27. The van der Waals surface area contributed by atoms with Crippen LogP contribution in [0.25, 0.3) is 22.2 Å². The summed E-state index contributed by atoms with van der Waals surface area (Å²) in [5.74, 6) is 0.214. The molecule has 34 heavy (non-hydrogen) atoms. The molecule has 0 saturated heterocycles. The van der Waals surface area contributed by atoms with E-state index in [1.807, 2.05) is 30.3 Å². The van der Waals surface area contributed by atoms with Gasteiger partial charge in [-0.05, 0) is 31.5 Å². The van der Waals surface area contributed by atoms with Crippen LogP contribution in [0, 0.1) is 11.3 Å². The fourth-order valence-electron chi connectivity index (χ4n) is 3.81. The number of benzene rings is 2. The van der Waals surface area contributed by atoms with Crippen LogP contribution < -0.4 is 10.6 Å². The molecular weight excluding hydrogens is 432 g/mol. The van der Waals surface area contributed by atoms with E-state index in [1.165, 1.54) is 0 Å². The number of carbonyl (C=O) groups excluding carboxylic acids is 1. The fourth-order valence-corrected chi connectivity index (χ4v) is 3.81. The Balaban J connectivity index is 1.61. The zero-order valence-corrected chi connectivity index (χ0v) is 18.7. The molecule has 2 aromatic heterocycles. The first-order valence-electron chi connectivity index (χ1n) is 10.6. The molecule has 1 atom stereocenters. The third-order valence-corrected chi connectivity index (χ3v) is 5.41. The Morgan fingerprint density at radius 1 is 1.18 bits per heavy atom. The van der Waals surface area contributed by atoms with Crippen LogP contribution in [0.15, 0.2) is 60.7 Å². The summed E-state index contributed by atoms with van der Waals surface area (Å²) in [6, 6.07) is 18.6. The van der Waals surface area contributed by atoms with Crippen molar-refractivity contribution in [3.05, 3.63) is 77.5 Å². The highest BCUT2D eigenvalue weighted by Gasteiger charge is 2.30. The van der Waals surface area contributed by atoms with Crippen molar-refractivity contribution in [3.8, 4) is 17.3 Å². The molecule has 0 radical (unpaired) electrons. The minimum Gasteiger partial charge on any atom is -0.390 e. The zero-order valence-electron chi connectivity index (χ0n) is 18.7. The molecule has 0 bridgehead atoms. The number of urea groups is 1. The number of aliphatic hydroxyl groups excluding tert-OH is 1. The summed E-state index contributed by atoms with van der Waals surface area (Å²) < 4.78 is 0. The van der Waals surface area contributed by atoms with E-state index in [-0.39, 0.29) is 12.4 Å². The quantitative estimate of drug-likeness (QED) is 0.299. The summed E-state index contributed by atoms with van der Waals surface area (Å²) in [7, 11) is 0. The number of carbonyl (C=O) groups is 1. The average molecular weight is 457 g/mol. The summed E-state index contributed by atoms with van der Waals surface area (Å²) in [6.07, 6.45) is 0. The molecule has 9 nitrogen and oxygen atoms in total. The Hall–Kier alpha value is -4.26. The van der Waals surface area contributed by atoms with Gasteiger partial charge in [0.2, 0.25) is 0 Å².